The van der Waals surface area contributed by atoms with Gasteiger partial charge in [0.05, 0.1) is 11.6 Å². The molecule has 0 aliphatic heterocycles. The molecular weight excluding hydrogens is 246 g/mol. The minimum absolute atomic E-state index is 0.0263. The first-order valence-electron chi connectivity index (χ1n) is 7.22. The van der Waals surface area contributed by atoms with Crippen LogP contribution in [0.4, 0.5) is 0 Å². The summed E-state index contributed by atoms with van der Waals surface area (Å²) in [5, 5.41) is 4.80. The van der Waals surface area contributed by atoms with E-state index in [4.69, 9.17) is 0 Å². The number of benzene rings is 1. The van der Waals surface area contributed by atoms with Crippen molar-refractivity contribution < 1.29 is 0 Å². The molecular formula is C17H25N3. The lowest BCUT2D eigenvalue weighted by Gasteiger charge is -2.41. The van der Waals surface area contributed by atoms with Crippen LogP contribution in [0.1, 0.15) is 32.4 Å². The summed E-state index contributed by atoms with van der Waals surface area (Å²) < 4.78 is 0. The first kappa shape index (κ1) is 14.9. The first-order valence-corrected chi connectivity index (χ1v) is 7.22. The van der Waals surface area contributed by atoms with E-state index in [1.54, 1.807) is 0 Å². The van der Waals surface area contributed by atoms with E-state index in [2.05, 4.69) is 74.3 Å². The molecule has 1 aromatic heterocycles. The van der Waals surface area contributed by atoms with Crippen LogP contribution in [0.5, 0.6) is 0 Å². The second-order valence-corrected chi connectivity index (χ2v) is 5.99. The van der Waals surface area contributed by atoms with Crippen molar-refractivity contribution in [3.8, 4) is 0 Å². The molecule has 0 radical (unpaired) electrons. The van der Waals surface area contributed by atoms with Crippen LogP contribution >= 0.6 is 0 Å². The number of rotatable bonds is 5. The number of hydrogen-bond acceptors (Lipinski definition) is 3. The van der Waals surface area contributed by atoms with Gasteiger partial charge in [-0.3, -0.25) is 4.98 Å². The lowest BCUT2D eigenvalue weighted by atomic mass is 9.87. The van der Waals surface area contributed by atoms with Gasteiger partial charge in [-0.05, 0) is 52.2 Å². The van der Waals surface area contributed by atoms with Crippen molar-refractivity contribution in [3.63, 3.8) is 0 Å². The first-order chi connectivity index (χ1) is 9.46. The smallest absolute Gasteiger partial charge is 0.0705 e. The fourth-order valence-electron chi connectivity index (χ4n) is 2.50. The highest BCUT2D eigenvalue weighted by atomic mass is 15.2. The van der Waals surface area contributed by atoms with Gasteiger partial charge >= 0.3 is 0 Å². The van der Waals surface area contributed by atoms with Crippen molar-refractivity contribution in [3.05, 3.63) is 42.1 Å². The lowest BCUT2D eigenvalue weighted by molar-refractivity contribution is 0.139. The molecule has 1 atom stereocenters. The molecule has 3 nitrogen and oxygen atoms in total. The van der Waals surface area contributed by atoms with Crippen LogP contribution in [0.2, 0.25) is 0 Å². The Balaban J connectivity index is 2.46. The maximum Gasteiger partial charge on any atom is 0.0705 e. The molecule has 1 unspecified atom stereocenters. The molecule has 0 fully saturated rings. The highest BCUT2D eigenvalue weighted by Crippen LogP contribution is 2.30. The van der Waals surface area contributed by atoms with E-state index in [0.717, 1.165) is 12.1 Å². The third-order valence-corrected chi connectivity index (χ3v) is 4.23. The van der Waals surface area contributed by atoms with Crippen molar-refractivity contribution >= 4 is 10.9 Å². The molecule has 0 saturated carbocycles. The number of aromatic nitrogens is 1. The van der Waals surface area contributed by atoms with Crippen molar-refractivity contribution in [2.45, 2.75) is 32.4 Å². The second kappa shape index (κ2) is 5.90. The highest BCUT2D eigenvalue weighted by Gasteiger charge is 2.32. The zero-order valence-corrected chi connectivity index (χ0v) is 13.1. The number of nitrogens with one attached hydrogen (secondary N) is 1. The molecule has 20 heavy (non-hydrogen) atoms. The molecule has 0 aliphatic carbocycles. The maximum absolute atomic E-state index is 4.47. The maximum atomic E-state index is 4.47. The topological polar surface area (TPSA) is 28.2 Å². The van der Waals surface area contributed by atoms with Crippen molar-refractivity contribution in [2.24, 2.45) is 0 Å². The summed E-state index contributed by atoms with van der Waals surface area (Å²) in [6.07, 6.45) is 1.85. The Bertz CT molecular complexity index is 575. The molecule has 0 saturated heterocycles. The molecule has 2 rings (SSSR count). The second-order valence-electron chi connectivity index (χ2n) is 5.99. The van der Waals surface area contributed by atoms with Crippen LogP contribution in [0.25, 0.3) is 10.9 Å². The molecule has 3 heteroatoms. The number of pyridine rings is 1. The van der Waals surface area contributed by atoms with Gasteiger partial charge in [0.2, 0.25) is 0 Å². The Morgan fingerprint density at radius 2 is 2.00 bits per heavy atom. The molecule has 0 spiro atoms. The van der Waals surface area contributed by atoms with Crippen LogP contribution in [0, 0.1) is 0 Å². The number of hydrogen-bond donors (Lipinski definition) is 1. The minimum Gasteiger partial charge on any atom is -0.309 e. The Labute approximate surface area is 122 Å². The summed E-state index contributed by atoms with van der Waals surface area (Å²) in [5.41, 5.74) is 2.37. The summed E-state index contributed by atoms with van der Waals surface area (Å²) in [4.78, 5) is 6.74. The third-order valence-electron chi connectivity index (χ3n) is 4.23. The van der Waals surface area contributed by atoms with E-state index in [9.17, 15) is 0 Å². The van der Waals surface area contributed by atoms with Gasteiger partial charge in [0.1, 0.15) is 0 Å². The molecule has 1 heterocycles. The van der Waals surface area contributed by atoms with Gasteiger partial charge in [-0.25, -0.2) is 0 Å². The van der Waals surface area contributed by atoms with Gasteiger partial charge in [0.25, 0.3) is 0 Å². The monoisotopic (exact) mass is 271 g/mol. The van der Waals surface area contributed by atoms with Gasteiger partial charge in [0.15, 0.2) is 0 Å². The van der Waals surface area contributed by atoms with Gasteiger partial charge in [-0.15, -0.1) is 0 Å². The third kappa shape index (κ3) is 2.84. The van der Waals surface area contributed by atoms with Gasteiger partial charge in [0, 0.05) is 17.1 Å². The fourth-order valence-corrected chi connectivity index (χ4v) is 2.50. The summed E-state index contributed by atoms with van der Waals surface area (Å²) in [6, 6.07) is 10.9. The summed E-state index contributed by atoms with van der Waals surface area (Å²) in [6.45, 7) is 7.63. The van der Waals surface area contributed by atoms with Crippen molar-refractivity contribution in [2.75, 3.05) is 20.6 Å². The molecule has 108 valence electrons. The number of likely N-dealkylation sites (N-methyl/N-ethyl adjacent to an activating group) is 2. The van der Waals surface area contributed by atoms with Gasteiger partial charge < -0.3 is 10.2 Å². The zero-order chi connectivity index (χ0) is 14.8. The molecule has 1 N–H and O–H groups in total. The van der Waals surface area contributed by atoms with Gasteiger partial charge in [-0.2, -0.15) is 0 Å². The van der Waals surface area contributed by atoms with E-state index in [1.165, 1.54) is 10.9 Å². The van der Waals surface area contributed by atoms with Crippen LogP contribution < -0.4 is 5.32 Å². The lowest BCUT2D eigenvalue weighted by Crippen LogP contribution is -2.49. The summed E-state index contributed by atoms with van der Waals surface area (Å²) in [5.74, 6) is 0. The van der Waals surface area contributed by atoms with E-state index in [0.29, 0.717) is 0 Å². The molecule has 2 aromatic rings. The Morgan fingerprint density at radius 3 is 2.65 bits per heavy atom. The van der Waals surface area contributed by atoms with Gasteiger partial charge in [-0.1, -0.05) is 25.1 Å². The summed E-state index contributed by atoms with van der Waals surface area (Å²) in [7, 11) is 4.26. The van der Waals surface area contributed by atoms with Crippen LogP contribution in [-0.2, 0) is 0 Å². The normalized spacial score (nSPS) is 13.9. The molecule has 0 bridgehead atoms. The molecule has 1 aromatic carbocycles. The minimum atomic E-state index is 0.0263. The van der Waals surface area contributed by atoms with Crippen LogP contribution in [0.3, 0.4) is 0 Å². The van der Waals surface area contributed by atoms with E-state index in [-0.39, 0.29) is 11.6 Å². The average Bonchev–Trinajstić information content (AvgIpc) is 2.44. The Morgan fingerprint density at radius 1 is 1.25 bits per heavy atom. The molecule has 0 amide bonds. The Hall–Kier alpha value is -1.45. The summed E-state index contributed by atoms with van der Waals surface area (Å²) >= 11 is 0. The van der Waals surface area contributed by atoms with E-state index >= 15 is 0 Å². The molecule has 0 aliphatic rings. The zero-order valence-electron chi connectivity index (χ0n) is 13.1. The van der Waals surface area contributed by atoms with Crippen molar-refractivity contribution in [1.82, 2.24) is 15.2 Å². The van der Waals surface area contributed by atoms with E-state index < -0.39 is 0 Å². The highest BCUT2D eigenvalue weighted by molar-refractivity contribution is 5.79. The van der Waals surface area contributed by atoms with E-state index in [1.807, 2.05) is 12.3 Å². The Kier molecular flexibility index (Phi) is 4.41. The fraction of sp³-hybridized carbons (Fsp3) is 0.471. The number of fused-ring (bicyclic) bond motifs is 1. The quantitative estimate of drug-likeness (QED) is 0.905. The largest absolute Gasteiger partial charge is 0.309 e. The predicted octanol–water partition coefficient (Wildman–Crippen LogP) is 3.23. The van der Waals surface area contributed by atoms with Crippen LogP contribution in [-0.4, -0.2) is 36.1 Å². The van der Waals surface area contributed by atoms with Crippen molar-refractivity contribution in [1.29, 1.82) is 0 Å². The van der Waals surface area contributed by atoms with Crippen LogP contribution in [0.15, 0.2) is 36.5 Å². The standard InChI is InChI=1S/C17H25N3/c1-6-18-16(17(2,3)20(4)5)14-10-9-13-8-7-11-19-15(13)12-14/h7-12,16,18H,6H2,1-5H3. The SMILES string of the molecule is CCNC(c1ccc2cccnc2c1)C(C)(C)N(C)C. The predicted molar refractivity (Wildman–Crippen MR) is 85.9 cm³/mol. The average molecular weight is 271 g/mol. The number of nitrogens with zero attached hydrogens (tertiary/aromatic N) is 2.